The lowest BCUT2D eigenvalue weighted by atomic mass is 9.83. The van der Waals surface area contributed by atoms with E-state index in [1.54, 1.807) is 0 Å². The second-order valence-corrected chi connectivity index (χ2v) is 5.79. The van der Waals surface area contributed by atoms with Crippen LogP contribution in [0.25, 0.3) is 0 Å². The van der Waals surface area contributed by atoms with E-state index in [1.807, 2.05) is 0 Å². The van der Waals surface area contributed by atoms with Crippen molar-refractivity contribution in [2.75, 3.05) is 13.2 Å². The number of nitrogens with one attached hydrogen (secondary N) is 1. The summed E-state index contributed by atoms with van der Waals surface area (Å²) in [6, 6.07) is 0.696. The molecular formula is C14H26N2O2. The van der Waals surface area contributed by atoms with Gasteiger partial charge in [-0.3, -0.25) is 4.79 Å². The topological polar surface area (TPSA) is 64.4 Å². The zero-order chi connectivity index (χ0) is 12.8. The van der Waals surface area contributed by atoms with Crippen molar-refractivity contribution in [1.82, 2.24) is 5.32 Å². The quantitative estimate of drug-likeness (QED) is 0.800. The number of carbonyl (C=O) groups is 1. The summed E-state index contributed by atoms with van der Waals surface area (Å²) in [6.07, 6.45) is 8.32. The molecule has 3 N–H and O–H groups in total. The summed E-state index contributed by atoms with van der Waals surface area (Å²) < 4.78 is 5.28. The summed E-state index contributed by atoms with van der Waals surface area (Å²) in [5.41, 5.74) is 5.97. The molecule has 0 radical (unpaired) electrons. The Morgan fingerprint density at radius 2 is 2.00 bits per heavy atom. The molecule has 2 fully saturated rings. The number of carbonyl (C=O) groups excluding carboxylic acids is 1. The van der Waals surface area contributed by atoms with E-state index in [4.69, 9.17) is 10.5 Å². The molecule has 1 aliphatic carbocycles. The normalized spacial score (nSPS) is 30.1. The molecule has 1 saturated carbocycles. The average Bonchev–Trinajstić information content (AvgIpc) is 2.38. The molecule has 18 heavy (non-hydrogen) atoms. The molecule has 0 spiro atoms. The number of nitrogens with two attached hydrogens (primary N) is 1. The van der Waals surface area contributed by atoms with Crippen LogP contribution in [0.15, 0.2) is 0 Å². The van der Waals surface area contributed by atoms with Gasteiger partial charge in [0.05, 0.1) is 0 Å². The maximum absolute atomic E-state index is 11.9. The van der Waals surface area contributed by atoms with Gasteiger partial charge in [-0.15, -0.1) is 0 Å². The largest absolute Gasteiger partial charge is 0.381 e. The molecule has 0 bridgehead atoms. The fraction of sp³-hybridized carbons (Fsp3) is 0.929. The smallest absolute Gasteiger partial charge is 0.220 e. The predicted molar refractivity (Wildman–Crippen MR) is 71.2 cm³/mol. The van der Waals surface area contributed by atoms with Crippen molar-refractivity contribution in [1.29, 1.82) is 0 Å². The summed E-state index contributed by atoms with van der Waals surface area (Å²) in [5.74, 6) is 0.871. The molecule has 2 unspecified atom stereocenters. The van der Waals surface area contributed by atoms with E-state index >= 15 is 0 Å². The molecule has 0 aromatic heterocycles. The van der Waals surface area contributed by atoms with Crippen LogP contribution >= 0.6 is 0 Å². The molecule has 0 aromatic carbocycles. The second-order valence-electron chi connectivity index (χ2n) is 5.79. The van der Waals surface area contributed by atoms with Gasteiger partial charge in [0.25, 0.3) is 0 Å². The Kier molecular flexibility index (Phi) is 5.45. The van der Waals surface area contributed by atoms with E-state index in [-0.39, 0.29) is 5.91 Å². The molecule has 2 rings (SSSR count). The Labute approximate surface area is 110 Å². The van der Waals surface area contributed by atoms with Crippen LogP contribution in [0.3, 0.4) is 0 Å². The van der Waals surface area contributed by atoms with Crippen molar-refractivity contribution in [2.24, 2.45) is 11.7 Å². The molecule has 1 amide bonds. The molecule has 4 heteroatoms. The standard InChI is InChI=1S/C14H26N2O2/c15-12-3-1-2-11(10-12)4-5-14(17)16-13-6-8-18-9-7-13/h11-13H,1-10,15H2,(H,16,17). The number of ether oxygens (including phenoxy) is 1. The second kappa shape index (κ2) is 7.10. The number of amides is 1. The van der Waals surface area contributed by atoms with E-state index in [1.165, 1.54) is 12.8 Å². The van der Waals surface area contributed by atoms with Crippen molar-refractivity contribution in [3.63, 3.8) is 0 Å². The van der Waals surface area contributed by atoms with E-state index in [9.17, 15) is 4.79 Å². The summed E-state index contributed by atoms with van der Waals surface area (Å²) in [7, 11) is 0. The van der Waals surface area contributed by atoms with Crippen LogP contribution < -0.4 is 11.1 Å². The first-order chi connectivity index (χ1) is 8.74. The van der Waals surface area contributed by atoms with Gasteiger partial charge >= 0.3 is 0 Å². The average molecular weight is 254 g/mol. The molecule has 2 aliphatic rings. The van der Waals surface area contributed by atoms with Gasteiger partial charge in [0.2, 0.25) is 5.91 Å². The van der Waals surface area contributed by atoms with Crippen LogP contribution in [0.2, 0.25) is 0 Å². The number of hydrogen-bond acceptors (Lipinski definition) is 3. The molecule has 1 heterocycles. The van der Waals surface area contributed by atoms with Crippen molar-refractivity contribution >= 4 is 5.91 Å². The molecule has 0 aromatic rings. The van der Waals surface area contributed by atoms with Crippen LogP contribution in [0.1, 0.15) is 51.4 Å². The minimum atomic E-state index is 0.209. The highest BCUT2D eigenvalue weighted by atomic mass is 16.5. The molecular weight excluding hydrogens is 228 g/mol. The van der Waals surface area contributed by atoms with E-state index in [0.29, 0.717) is 24.4 Å². The van der Waals surface area contributed by atoms with Crippen LogP contribution in [-0.4, -0.2) is 31.2 Å². The minimum Gasteiger partial charge on any atom is -0.381 e. The van der Waals surface area contributed by atoms with Gasteiger partial charge < -0.3 is 15.8 Å². The van der Waals surface area contributed by atoms with Crippen molar-refractivity contribution in [3.05, 3.63) is 0 Å². The summed E-state index contributed by atoms with van der Waals surface area (Å²) in [4.78, 5) is 11.9. The van der Waals surface area contributed by atoms with Crippen LogP contribution in [0, 0.1) is 5.92 Å². The Bertz CT molecular complexity index is 265. The SMILES string of the molecule is NC1CCCC(CCC(=O)NC2CCOCC2)C1. The van der Waals surface area contributed by atoms with Gasteiger partial charge in [-0.05, 0) is 38.0 Å². The van der Waals surface area contributed by atoms with Crippen molar-refractivity contribution in [2.45, 2.75) is 63.5 Å². The van der Waals surface area contributed by atoms with Gasteiger partial charge in [0.15, 0.2) is 0 Å². The minimum absolute atomic E-state index is 0.209. The highest BCUT2D eigenvalue weighted by molar-refractivity contribution is 5.76. The zero-order valence-corrected chi connectivity index (χ0v) is 11.2. The van der Waals surface area contributed by atoms with Gasteiger partial charge in [0.1, 0.15) is 0 Å². The Morgan fingerprint density at radius 3 is 2.72 bits per heavy atom. The Morgan fingerprint density at radius 1 is 1.22 bits per heavy atom. The van der Waals surface area contributed by atoms with Crippen LogP contribution in [-0.2, 0) is 9.53 Å². The molecule has 1 saturated heterocycles. The predicted octanol–water partition coefficient (Wildman–Crippen LogP) is 1.58. The third-order valence-electron chi connectivity index (χ3n) is 4.19. The maximum Gasteiger partial charge on any atom is 0.220 e. The third-order valence-corrected chi connectivity index (χ3v) is 4.19. The first kappa shape index (κ1) is 13.8. The first-order valence-electron chi connectivity index (χ1n) is 7.36. The first-order valence-corrected chi connectivity index (χ1v) is 7.36. The highest BCUT2D eigenvalue weighted by Crippen LogP contribution is 2.26. The van der Waals surface area contributed by atoms with Crippen LogP contribution in [0.5, 0.6) is 0 Å². The number of rotatable bonds is 4. The lowest BCUT2D eigenvalue weighted by Crippen LogP contribution is -2.39. The lowest BCUT2D eigenvalue weighted by molar-refractivity contribution is -0.122. The van der Waals surface area contributed by atoms with E-state index in [2.05, 4.69) is 5.32 Å². The highest BCUT2D eigenvalue weighted by Gasteiger charge is 2.21. The van der Waals surface area contributed by atoms with Gasteiger partial charge in [-0.2, -0.15) is 0 Å². The molecule has 104 valence electrons. The third kappa shape index (κ3) is 4.58. The van der Waals surface area contributed by atoms with Crippen molar-refractivity contribution < 1.29 is 9.53 Å². The van der Waals surface area contributed by atoms with Gasteiger partial charge in [-0.1, -0.05) is 12.8 Å². The monoisotopic (exact) mass is 254 g/mol. The summed E-state index contributed by atoms with van der Waals surface area (Å²) in [5, 5.41) is 3.12. The Hall–Kier alpha value is -0.610. The van der Waals surface area contributed by atoms with E-state index < -0.39 is 0 Å². The van der Waals surface area contributed by atoms with Crippen molar-refractivity contribution in [3.8, 4) is 0 Å². The fourth-order valence-corrected chi connectivity index (χ4v) is 3.07. The van der Waals surface area contributed by atoms with Gasteiger partial charge in [0, 0.05) is 31.7 Å². The fourth-order valence-electron chi connectivity index (χ4n) is 3.07. The van der Waals surface area contributed by atoms with Crippen LogP contribution in [0.4, 0.5) is 0 Å². The summed E-state index contributed by atoms with van der Waals surface area (Å²) in [6.45, 7) is 1.56. The zero-order valence-electron chi connectivity index (χ0n) is 11.2. The molecule has 2 atom stereocenters. The lowest BCUT2D eigenvalue weighted by Gasteiger charge is -2.27. The molecule has 1 aliphatic heterocycles. The number of hydrogen-bond donors (Lipinski definition) is 2. The van der Waals surface area contributed by atoms with Gasteiger partial charge in [-0.25, -0.2) is 0 Å². The summed E-state index contributed by atoms with van der Waals surface area (Å²) >= 11 is 0. The molecule has 4 nitrogen and oxygen atoms in total. The van der Waals surface area contributed by atoms with E-state index in [0.717, 1.165) is 45.3 Å². The maximum atomic E-state index is 11.9. The Balaban J connectivity index is 1.61.